The molecule has 2 aromatic heterocycles. The Balaban J connectivity index is 1.77. The number of anilines is 3. The van der Waals surface area contributed by atoms with Crippen LogP contribution in [0.15, 0.2) is 42.6 Å². The van der Waals surface area contributed by atoms with Crippen molar-refractivity contribution < 1.29 is 9.90 Å². The zero-order valence-corrected chi connectivity index (χ0v) is 18.0. The largest absolute Gasteiger partial charge is 0.394 e. The first-order valence-corrected chi connectivity index (χ1v) is 10.0. The average molecular weight is 446 g/mol. The number of carbonyl (C=O) groups excluding carboxylic acids is 1. The topological polar surface area (TPSA) is 100 Å². The summed E-state index contributed by atoms with van der Waals surface area (Å²) in [4.78, 5) is 25.7. The van der Waals surface area contributed by atoms with Crippen molar-refractivity contribution in [1.29, 1.82) is 0 Å². The number of carbonyl (C=O) groups is 1. The highest BCUT2D eigenvalue weighted by Crippen LogP contribution is 2.26. The van der Waals surface area contributed by atoms with Crippen LogP contribution >= 0.6 is 23.2 Å². The summed E-state index contributed by atoms with van der Waals surface area (Å²) in [7, 11) is 0. The Hall–Kier alpha value is -2.74. The molecule has 1 aromatic carbocycles. The number of hydrogen-bond donors (Lipinski definition) is 3. The predicted octanol–water partition coefficient (Wildman–Crippen LogP) is 4.45. The molecule has 2 heterocycles. The first-order chi connectivity index (χ1) is 14.4. The summed E-state index contributed by atoms with van der Waals surface area (Å²) in [6.07, 6.45) is 1.74. The molecule has 0 aliphatic heterocycles. The molecule has 7 nitrogen and oxygen atoms in total. The Morgan fingerprint density at radius 2 is 1.87 bits per heavy atom. The number of pyridine rings is 1. The standard InChI is InChI=1S/C21H21Cl2N5O2/c1-12-8-19(28-21(25-12)26-13(2)11-29)27-18-10-14(6-7-24-18)9-17(30)20-15(22)4-3-5-16(20)23/h3-8,10,13,29H,9,11H2,1-2H3,(H2,24,25,26,27,28)/t13-/m0/s1. The molecular weight excluding hydrogens is 425 g/mol. The second-order valence-corrected chi connectivity index (χ2v) is 7.63. The number of halogens is 2. The number of aromatic nitrogens is 3. The molecule has 156 valence electrons. The number of rotatable bonds is 8. The highest BCUT2D eigenvalue weighted by molar-refractivity contribution is 6.39. The molecule has 0 spiro atoms. The highest BCUT2D eigenvalue weighted by atomic mass is 35.5. The Labute approximate surface area is 184 Å². The summed E-state index contributed by atoms with van der Waals surface area (Å²) in [5.41, 5.74) is 1.82. The van der Waals surface area contributed by atoms with Gasteiger partial charge in [-0.2, -0.15) is 4.98 Å². The maximum atomic E-state index is 12.7. The number of nitrogens with one attached hydrogen (secondary N) is 2. The van der Waals surface area contributed by atoms with Crippen LogP contribution in [0, 0.1) is 6.92 Å². The Morgan fingerprint density at radius 1 is 1.13 bits per heavy atom. The van der Waals surface area contributed by atoms with Gasteiger partial charge in [0, 0.05) is 30.4 Å². The lowest BCUT2D eigenvalue weighted by molar-refractivity contribution is 0.0993. The van der Waals surface area contributed by atoms with Crippen LogP contribution in [-0.4, -0.2) is 38.5 Å². The molecule has 0 radical (unpaired) electrons. The number of aliphatic hydroxyl groups excluding tert-OH is 1. The molecule has 3 aromatic rings. The van der Waals surface area contributed by atoms with Gasteiger partial charge in [-0.1, -0.05) is 29.3 Å². The van der Waals surface area contributed by atoms with E-state index in [0.717, 1.165) is 11.3 Å². The van der Waals surface area contributed by atoms with Crippen LogP contribution in [0.1, 0.15) is 28.5 Å². The molecule has 0 saturated heterocycles. The summed E-state index contributed by atoms with van der Waals surface area (Å²) in [5, 5.41) is 16.0. The maximum absolute atomic E-state index is 12.7. The van der Waals surface area contributed by atoms with Crippen molar-refractivity contribution in [3.05, 3.63) is 69.5 Å². The minimum Gasteiger partial charge on any atom is -0.394 e. The number of aryl methyl sites for hydroxylation is 1. The third kappa shape index (κ3) is 5.66. The number of hydrogen-bond acceptors (Lipinski definition) is 7. The van der Waals surface area contributed by atoms with Crippen LogP contribution in [0.5, 0.6) is 0 Å². The summed E-state index contributed by atoms with van der Waals surface area (Å²) < 4.78 is 0. The zero-order valence-electron chi connectivity index (χ0n) is 16.5. The maximum Gasteiger partial charge on any atom is 0.225 e. The summed E-state index contributed by atoms with van der Waals surface area (Å²) in [5.74, 6) is 1.30. The Kier molecular flexibility index (Phi) is 7.20. The first-order valence-electron chi connectivity index (χ1n) is 9.28. The number of Topliss-reactive ketones (excluding diaryl/α,β-unsaturated/α-hetero) is 1. The van der Waals surface area contributed by atoms with Gasteiger partial charge in [0.25, 0.3) is 0 Å². The predicted molar refractivity (Wildman–Crippen MR) is 119 cm³/mol. The lowest BCUT2D eigenvalue weighted by Gasteiger charge is -2.13. The number of benzene rings is 1. The average Bonchev–Trinajstić information content (AvgIpc) is 2.67. The molecule has 0 amide bonds. The van der Waals surface area contributed by atoms with E-state index >= 15 is 0 Å². The van der Waals surface area contributed by atoms with E-state index in [1.807, 2.05) is 13.8 Å². The van der Waals surface area contributed by atoms with E-state index in [2.05, 4.69) is 25.6 Å². The fraction of sp³-hybridized carbons (Fsp3) is 0.238. The molecule has 3 rings (SSSR count). The molecule has 9 heteroatoms. The second kappa shape index (κ2) is 9.84. The minimum atomic E-state index is -0.177. The van der Waals surface area contributed by atoms with E-state index in [9.17, 15) is 9.90 Å². The van der Waals surface area contributed by atoms with Gasteiger partial charge in [0.1, 0.15) is 11.6 Å². The molecule has 0 unspecified atom stereocenters. The van der Waals surface area contributed by atoms with Crippen LogP contribution in [-0.2, 0) is 6.42 Å². The molecule has 30 heavy (non-hydrogen) atoms. The van der Waals surface area contributed by atoms with Crippen molar-refractivity contribution in [2.45, 2.75) is 26.3 Å². The highest BCUT2D eigenvalue weighted by Gasteiger charge is 2.15. The smallest absolute Gasteiger partial charge is 0.225 e. The first kappa shape index (κ1) is 22.0. The van der Waals surface area contributed by atoms with E-state index in [4.69, 9.17) is 23.2 Å². The fourth-order valence-electron chi connectivity index (χ4n) is 2.78. The van der Waals surface area contributed by atoms with Gasteiger partial charge in [-0.25, -0.2) is 9.97 Å². The Morgan fingerprint density at radius 3 is 2.57 bits per heavy atom. The van der Waals surface area contributed by atoms with Gasteiger partial charge in [-0.15, -0.1) is 0 Å². The molecule has 1 atom stereocenters. The quantitative estimate of drug-likeness (QED) is 0.440. The van der Waals surface area contributed by atoms with Gasteiger partial charge >= 0.3 is 0 Å². The third-order valence-electron chi connectivity index (χ3n) is 4.19. The molecule has 0 bridgehead atoms. The minimum absolute atomic E-state index is 0.0346. The van der Waals surface area contributed by atoms with Gasteiger partial charge in [0.2, 0.25) is 5.95 Å². The molecule has 0 fully saturated rings. The van der Waals surface area contributed by atoms with Gasteiger partial charge in [-0.3, -0.25) is 4.79 Å². The zero-order chi connectivity index (χ0) is 21.7. The summed E-state index contributed by atoms with van der Waals surface area (Å²) >= 11 is 12.3. The number of nitrogens with zero attached hydrogens (tertiary/aromatic N) is 3. The molecule has 3 N–H and O–H groups in total. The monoisotopic (exact) mass is 445 g/mol. The second-order valence-electron chi connectivity index (χ2n) is 6.82. The van der Waals surface area contributed by atoms with Crippen LogP contribution in [0.3, 0.4) is 0 Å². The van der Waals surface area contributed by atoms with Gasteiger partial charge in [-0.05, 0) is 43.7 Å². The van der Waals surface area contributed by atoms with E-state index in [0.29, 0.717) is 33.2 Å². The van der Waals surface area contributed by atoms with E-state index in [-0.39, 0.29) is 24.9 Å². The van der Waals surface area contributed by atoms with Crippen molar-refractivity contribution in [3.8, 4) is 0 Å². The van der Waals surface area contributed by atoms with Crippen LogP contribution in [0.25, 0.3) is 0 Å². The third-order valence-corrected chi connectivity index (χ3v) is 4.82. The summed E-state index contributed by atoms with van der Waals surface area (Å²) in [6.45, 7) is 3.64. The van der Waals surface area contributed by atoms with Crippen LogP contribution in [0.2, 0.25) is 10.0 Å². The fourth-order valence-corrected chi connectivity index (χ4v) is 3.39. The lowest BCUT2D eigenvalue weighted by atomic mass is 10.0. The van der Waals surface area contributed by atoms with Crippen molar-refractivity contribution in [1.82, 2.24) is 15.0 Å². The molecule has 0 aliphatic carbocycles. The van der Waals surface area contributed by atoms with E-state index < -0.39 is 0 Å². The van der Waals surface area contributed by atoms with E-state index in [1.54, 1.807) is 42.6 Å². The number of aliphatic hydroxyl groups is 1. The van der Waals surface area contributed by atoms with Crippen molar-refractivity contribution in [2.75, 3.05) is 17.2 Å². The lowest BCUT2D eigenvalue weighted by Crippen LogP contribution is -2.21. The molecule has 0 aliphatic rings. The normalized spacial score (nSPS) is 11.8. The van der Waals surface area contributed by atoms with Crippen molar-refractivity contribution in [2.24, 2.45) is 0 Å². The number of ketones is 1. The van der Waals surface area contributed by atoms with Gasteiger partial charge in [0.15, 0.2) is 5.78 Å². The van der Waals surface area contributed by atoms with Crippen LogP contribution in [0.4, 0.5) is 17.6 Å². The summed E-state index contributed by atoms with van der Waals surface area (Å²) in [6, 6.07) is 10.1. The van der Waals surface area contributed by atoms with Gasteiger partial charge in [0.05, 0.1) is 22.2 Å². The van der Waals surface area contributed by atoms with Crippen LogP contribution < -0.4 is 10.6 Å². The molecule has 0 saturated carbocycles. The van der Waals surface area contributed by atoms with Crippen molar-refractivity contribution >= 4 is 46.6 Å². The van der Waals surface area contributed by atoms with Gasteiger partial charge < -0.3 is 15.7 Å². The Bertz CT molecular complexity index is 1040. The molecular formula is C21H21Cl2N5O2. The van der Waals surface area contributed by atoms with E-state index in [1.165, 1.54) is 0 Å². The SMILES string of the molecule is Cc1cc(Nc2cc(CC(=O)c3c(Cl)cccc3Cl)ccn2)nc(N[C@@H](C)CO)n1. The van der Waals surface area contributed by atoms with Crippen molar-refractivity contribution in [3.63, 3.8) is 0 Å².